The summed E-state index contributed by atoms with van der Waals surface area (Å²) in [4.78, 5) is 20.0. The van der Waals surface area contributed by atoms with Gasteiger partial charge in [0.15, 0.2) is 0 Å². The summed E-state index contributed by atoms with van der Waals surface area (Å²) < 4.78 is 0. The number of aliphatic hydroxyl groups excluding tert-OH is 1. The summed E-state index contributed by atoms with van der Waals surface area (Å²) in [7, 11) is 2.77. The molecular weight excluding hydrogens is 232 g/mol. The Kier molecular flexibility index (Phi) is 43.0. The van der Waals surface area contributed by atoms with Crippen LogP contribution in [-0.2, 0) is 9.59 Å². The molecule has 0 atom stereocenters. The van der Waals surface area contributed by atoms with Gasteiger partial charge in [0.2, 0.25) is 0 Å². The first-order valence-electron chi connectivity index (χ1n) is 6.36. The number of hydrogen-bond donors (Lipinski definition) is 3. The monoisotopic (exact) mass is 264 g/mol. The maximum Gasteiger partial charge on any atom is 0.146 e. The van der Waals surface area contributed by atoms with Gasteiger partial charge in [-0.25, -0.2) is 0 Å². The molecule has 0 aromatic carbocycles. The van der Waals surface area contributed by atoms with E-state index in [0.29, 0.717) is 25.6 Å². The molecule has 0 unspecified atom stereocenters. The van der Waals surface area contributed by atoms with Crippen molar-refractivity contribution < 1.29 is 14.7 Å². The minimum Gasteiger partial charge on any atom is -0.400 e. The van der Waals surface area contributed by atoms with E-state index in [1.54, 1.807) is 7.05 Å². The minimum absolute atomic E-state index is 0.266. The van der Waals surface area contributed by atoms with Crippen LogP contribution in [0, 0.1) is 0 Å². The Bertz CT molecular complexity index is 151. The van der Waals surface area contributed by atoms with Crippen LogP contribution in [0.1, 0.15) is 41.0 Å². The van der Waals surface area contributed by atoms with E-state index in [2.05, 4.69) is 10.6 Å². The fourth-order valence-electron chi connectivity index (χ4n) is 0.606. The number of carbonyl (C=O) groups is 2. The average molecular weight is 264 g/mol. The Labute approximate surface area is 112 Å². The van der Waals surface area contributed by atoms with Gasteiger partial charge in [-0.3, -0.25) is 4.79 Å². The summed E-state index contributed by atoms with van der Waals surface area (Å²) >= 11 is 0. The Morgan fingerprint density at radius 3 is 1.83 bits per heavy atom. The molecule has 0 aliphatic heterocycles. The van der Waals surface area contributed by atoms with Gasteiger partial charge in [-0.05, 0) is 7.05 Å². The Morgan fingerprint density at radius 1 is 1.28 bits per heavy atom. The van der Waals surface area contributed by atoms with Gasteiger partial charge in [0.25, 0.3) is 0 Å². The largest absolute Gasteiger partial charge is 0.400 e. The van der Waals surface area contributed by atoms with Crippen molar-refractivity contribution in [2.24, 2.45) is 0 Å². The zero-order valence-corrected chi connectivity index (χ0v) is 13.0. The van der Waals surface area contributed by atoms with Crippen LogP contribution in [0.2, 0.25) is 0 Å². The summed E-state index contributed by atoms with van der Waals surface area (Å²) in [6.45, 7) is 10.8. The smallest absolute Gasteiger partial charge is 0.146 e. The van der Waals surface area contributed by atoms with Gasteiger partial charge >= 0.3 is 0 Å². The Morgan fingerprint density at radius 2 is 1.72 bits per heavy atom. The van der Waals surface area contributed by atoms with Crippen LogP contribution in [0.5, 0.6) is 0 Å². The van der Waals surface area contributed by atoms with E-state index in [0.717, 1.165) is 13.4 Å². The molecular formula is C13H32N2O3. The quantitative estimate of drug-likeness (QED) is 0.624. The fourth-order valence-corrected chi connectivity index (χ4v) is 0.606. The second-order valence-corrected chi connectivity index (χ2v) is 3.15. The van der Waals surface area contributed by atoms with Crippen molar-refractivity contribution in [3.05, 3.63) is 0 Å². The molecule has 0 rings (SSSR count). The van der Waals surface area contributed by atoms with Crippen LogP contribution in [0.15, 0.2) is 0 Å². The molecule has 0 radical (unpaired) electrons. The highest BCUT2D eigenvalue weighted by atomic mass is 16.2. The summed E-state index contributed by atoms with van der Waals surface area (Å²) in [6, 6.07) is 0.421. The zero-order chi connectivity index (χ0) is 15.4. The molecule has 0 heterocycles. The van der Waals surface area contributed by atoms with E-state index in [1.165, 1.54) is 0 Å². The molecule has 0 fully saturated rings. The normalized spacial score (nSPS) is 7.83. The molecule has 3 N–H and O–H groups in total. The van der Waals surface area contributed by atoms with Crippen LogP contribution in [-0.4, -0.2) is 50.5 Å². The molecule has 0 spiro atoms. The molecule has 5 heteroatoms. The van der Waals surface area contributed by atoms with Crippen molar-refractivity contribution in [1.82, 2.24) is 10.6 Å². The minimum atomic E-state index is 0.266. The van der Waals surface area contributed by atoms with Crippen molar-refractivity contribution in [3.8, 4) is 0 Å². The van der Waals surface area contributed by atoms with Crippen LogP contribution < -0.4 is 10.6 Å². The summed E-state index contributed by atoms with van der Waals surface area (Å²) in [5.41, 5.74) is 0. The number of nitrogens with one attached hydrogen (secondary N) is 2. The average Bonchev–Trinajstić information content (AvgIpc) is 2.42. The van der Waals surface area contributed by atoms with Gasteiger partial charge in [-0.15, -0.1) is 0 Å². The first-order valence-corrected chi connectivity index (χ1v) is 6.36. The highest BCUT2D eigenvalue weighted by molar-refractivity contribution is 5.79. The van der Waals surface area contributed by atoms with Crippen LogP contribution in [0.4, 0.5) is 0 Å². The first kappa shape index (κ1) is 25.9. The third kappa shape index (κ3) is 45.5. The van der Waals surface area contributed by atoms with Gasteiger partial charge in [0, 0.05) is 19.6 Å². The van der Waals surface area contributed by atoms with Crippen LogP contribution in [0.3, 0.4) is 0 Å². The number of likely N-dealkylation sites (N-methyl/N-ethyl adjacent to an activating group) is 1. The van der Waals surface area contributed by atoms with Gasteiger partial charge < -0.3 is 20.5 Å². The van der Waals surface area contributed by atoms with E-state index in [-0.39, 0.29) is 5.78 Å². The number of Topliss-reactive ketones (excluding diaryl/α,β-unsaturated/α-hetero) is 1. The molecule has 5 nitrogen and oxygen atoms in total. The molecule has 0 amide bonds. The standard InChI is InChI=1S/2C5H11NO.C2H6.CH4O/c1-5(2)6-3-4-7;1-3-5(7)4-6-2;2*1-2/h4-6H,3H2,1-2H3;6H,3-4H2,1-2H3;1-2H3;2H,1H3. The van der Waals surface area contributed by atoms with E-state index in [4.69, 9.17) is 5.11 Å². The molecule has 0 aliphatic rings. The first-order chi connectivity index (χ1) is 8.58. The lowest BCUT2D eigenvalue weighted by Gasteiger charge is -2.00. The second kappa shape index (κ2) is 29.8. The number of hydrogen-bond acceptors (Lipinski definition) is 5. The molecule has 18 heavy (non-hydrogen) atoms. The predicted molar refractivity (Wildman–Crippen MR) is 77.9 cm³/mol. The topological polar surface area (TPSA) is 78.4 Å². The molecule has 0 saturated heterocycles. The maximum absolute atomic E-state index is 10.3. The Hall–Kier alpha value is -0.780. The molecule has 0 aromatic heterocycles. The molecule has 0 aromatic rings. The lowest BCUT2D eigenvalue weighted by Crippen LogP contribution is -2.24. The van der Waals surface area contributed by atoms with Gasteiger partial charge in [0.05, 0.1) is 13.1 Å². The highest BCUT2D eigenvalue weighted by Crippen LogP contribution is 1.74. The summed E-state index contributed by atoms with van der Waals surface area (Å²) in [6.07, 6.45) is 1.50. The van der Waals surface area contributed by atoms with Crippen molar-refractivity contribution in [2.75, 3.05) is 27.2 Å². The van der Waals surface area contributed by atoms with Crippen LogP contribution in [0.25, 0.3) is 0 Å². The van der Waals surface area contributed by atoms with Crippen molar-refractivity contribution in [2.45, 2.75) is 47.1 Å². The number of rotatable bonds is 6. The number of aliphatic hydroxyl groups is 1. The Balaban J connectivity index is -0.0000000851. The predicted octanol–water partition coefficient (Wildman–Crippen LogP) is 1.00. The van der Waals surface area contributed by atoms with Gasteiger partial charge in [-0.1, -0.05) is 34.6 Å². The van der Waals surface area contributed by atoms with E-state index in [1.807, 2.05) is 34.6 Å². The summed E-state index contributed by atoms with van der Waals surface area (Å²) in [5.74, 6) is 0.266. The third-order valence-electron chi connectivity index (χ3n) is 1.38. The molecule has 0 aliphatic carbocycles. The van der Waals surface area contributed by atoms with Crippen molar-refractivity contribution in [3.63, 3.8) is 0 Å². The molecule has 112 valence electrons. The van der Waals surface area contributed by atoms with E-state index < -0.39 is 0 Å². The van der Waals surface area contributed by atoms with Gasteiger partial charge in [-0.2, -0.15) is 0 Å². The SMILES string of the molecule is CC.CC(C)NCC=O.CCC(=O)CNC.CO. The third-order valence-corrected chi connectivity index (χ3v) is 1.38. The maximum atomic E-state index is 10.3. The zero-order valence-electron chi connectivity index (χ0n) is 13.0. The fraction of sp³-hybridized carbons (Fsp3) is 0.846. The number of ketones is 1. The highest BCUT2D eigenvalue weighted by Gasteiger charge is 1.90. The van der Waals surface area contributed by atoms with Crippen LogP contribution >= 0.6 is 0 Å². The van der Waals surface area contributed by atoms with Crippen molar-refractivity contribution >= 4 is 12.1 Å². The second-order valence-electron chi connectivity index (χ2n) is 3.15. The summed E-state index contributed by atoms with van der Waals surface area (Å²) in [5, 5.41) is 12.7. The lowest BCUT2D eigenvalue weighted by molar-refractivity contribution is -0.117. The van der Waals surface area contributed by atoms with Gasteiger partial charge in [0.1, 0.15) is 12.1 Å². The van der Waals surface area contributed by atoms with Crippen molar-refractivity contribution in [1.29, 1.82) is 0 Å². The molecule has 0 saturated carbocycles. The number of carbonyl (C=O) groups excluding carboxylic acids is 2. The van der Waals surface area contributed by atoms with E-state index >= 15 is 0 Å². The number of aldehydes is 1. The lowest BCUT2D eigenvalue weighted by atomic mass is 10.3. The van der Waals surface area contributed by atoms with E-state index in [9.17, 15) is 9.59 Å². The molecule has 0 bridgehead atoms.